The zero-order chi connectivity index (χ0) is 20.5. The van der Waals surface area contributed by atoms with E-state index in [1.807, 2.05) is 24.7 Å². The Balaban J connectivity index is 1.47. The van der Waals surface area contributed by atoms with Gasteiger partial charge in [0, 0.05) is 50.2 Å². The van der Waals surface area contributed by atoms with Crippen LogP contribution in [0.3, 0.4) is 0 Å². The molecule has 3 aromatic rings. The fraction of sp³-hybridized carbons (Fsp3) is 0.478. The predicted octanol–water partition coefficient (Wildman–Crippen LogP) is 4.49. The van der Waals surface area contributed by atoms with Crippen molar-refractivity contribution in [2.75, 3.05) is 41.3 Å². The SMILES string of the molecule is CC(C)c1cnc(N2CCC2)c2cnc(Nc3ccnc(N4CCCCC4)n3)cc12. The average molecular weight is 404 g/mol. The number of hydrogen-bond donors (Lipinski definition) is 1. The molecular weight excluding hydrogens is 374 g/mol. The molecule has 156 valence electrons. The minimum Gasteiger partial charge on any atom is -0.356 e. The van der Waals surface area contributed by atoms with Crippen molar-refractivity contribution in [1.29, 1.82) is 0 Å². The summed E-state index contributed by atoms with van der Waals surface area (Å²) in [6.07, 6.45) is 10.8. The van der Waals surface area contributed by atoms with Crippen molar-refractivity contribution in [3.8, 4) is 0 Å². The van der Waals surface area contributed by atoms with E-state index in [1.54, 1.807) is 0 Å². The number of anilines is 4. The molecule has 0 saturated carbocycles. The molecule has 0 spiro atoms. The molecule has 0 unspecified atom stereocenters. The second-order valence-corrected chi connectivity index (χ2v) is 8.56. The molecule has 0 bridgehead atoms. The van der Waals surface area contributed by atoms with Crippen LogP contribution in [0.2, 0.25) is 0 Å². The van der Waals surface area contributed by atoms with Crippen LogP contribution in [0.25, 0.3) is 10.8 Å². The summed E-state index contributed by atoms with van der Waals surface area (Å²) in [6, 6.07) is 4.04. The van der Waals surface area contributed by atoms with Crippen LogP contribution in [-0.2, 0) is 0 Å². The quantitative estimate of drug-likeness (QED) is 0.673. The minimum atomic E-state index is 0.394. The van der Waals surface area contributed by atoms with Crippen LogP contribution in [0, 0.1) is 0 Å². The zero-order valence-electron chi connectivity index (χ0n) is 17.8. The van der Waals surface area contributed by atoms with Crippen molar-refractivity contribution in [2.24, 2.45) is 0 Å². The monoisotopic (exact) mass is 403 g/mol. The molecule has 3 aromatic heterocycles. The van der Waals surface area contributed by atoms with Gasteiger partial charge in [0.15, 0.2) is 0 Å². The van der Waals surface area contributed by atoms with Crippen molar-refractivity contribution in [2.45, 2.75) is 45.4 Å². The van der Waals surface area contributed by atoms with E-state index in [0.29, 0.717) is 5.92 Å². The minimum absolute atomic E-state index is 0.394. The maximum atomic E-state index is 4.77. The van der Waals surface area contributed by atoms with E-state index >= 15 is 0 Å². The first-order chi connectivity index (χ1) is 14.7. The van der Waals surface area contributed by atoms with Crippen LogP contribution in [0.1, 0.15) is 51.0 Å². The average Bonchev–Trinajstić information content (AvgIpc) is 2.73. The number of pyridine rings is 2. The van der Waals surface area contributed by atoms with E-state index in [0.717, 1.165) is 55.0 Å². The van der Waals surface area contributed by atoms with Crippen LogP contribution in [-0.4, -0.2) is 46.1 Å². The van der Waals surface area contributed by atoms with Gasteiger partial charge in [-0.25, -0.2) is 15.0 Å². The fourth-order valence-electron chi connectivity index (χ4n) is 4.25. The Labute approximate surface area is 177 Å². The topological polar surface area (TPSA) is 70.1 Å². The van der Waals surface area contributed by atoms with Gasteiger partial charge >= 0.3 is 0 Å². The lowest BCUT2D eigenvalue weighted by molar-refractivity contribution is 0.568. The van der Waals surface area contributed by atoms with Gasteiger partial charge in [0.25, 0.3) is 0 Å². The summed E-state index contributed by atoms with van der Waals surface area (Å²) in [5.41, 5.74) is 1.25. The Morgan fingerprint density at radius 2 is 1.63 bits per heavy atom. The summed E-state index contributed by atoms with van der Waals surface area (Å²) in [4.78, 5) is 23.3. The third-order valence-corrected chi connectivity index (χ3v) is 6.10. The molecule has 0 aromatic carbocycles. The summed E-state index contributed by atoms with van der Waals surface area (Å²) in [5.74, 6) is 3.82. The lowest BCUT2D eigenvalue weighted by atomic mass is 9.98. The molecule has 0 amide bonds. The normalized spacial score (nSPS) is 16.8. The van der Waals surface area contributed by atoms with Gasteiger partial charge in [-0.2, -0.15) is 4.98 Å². The van der Waals surface area contributed by atoms with Crippen LogP contribution < -0.4 is 15.1 Å². The number of nitrogens with zero attached hydrogens (tertiary/aromatic N) is 6. The molecule has 2 saturated heterocycles. The number of fused-ring (bicyclic) bond motifs is 1. The van der Waals surface area contributed by atoms with Crippen LogP contribution in [0.4, 0.5) is 23.4 Å². The predicted molar refractivity (Wildman–Crippen MR) is 122 cm³/mol. The molecule has 0 aliphatic carbocycles. The van der Waals surface area contributed by atoms with E-state index in [9.17, 15) is 0 Å². The number of piperidine rings is 1. The maximum Gasteiger partial charge on any atom is 0.227 e. The largest absolute Gasteiger partial charge is 0.356 e. The van der Waals surface area contributed by atoms with Gasteiger partial charge in [-0.1, -0.05) is 13.8 Å². The smallest absolute Gasteiger partial charge is 0.227 e. The third kappa shape index (κ3) is 3.64. The molecule has 7 heteroatoms. The molecular formula is C23H29N7. The van der Waals surface area contributed by atoms with Crippen LogP contribution >= 0.6 is 0 Å². The summed E-state index contributed by atoms with van der Waals surface area (Å²) in [5, 5.41) is 5.74. The van der Waals surface area contributed by atoms with Crippen molar-refractivity contribution in [1.82, 2.24) is 19.9 Å². The second-order valence-electron chi connectivity index (χ2n) is 8.56. The van der Waals surface area contributed by atoms with Gasteiger partial charge < -0.3 is 15.1 Å². The molecule has 0 radical (unpaired) electrons. The molecule has 7 nitrogen and oxygen atoms in total. The fourth-order valence-corrected chi connectivity index (χ4v) is 4.25. The van der Waals surface area contributed by atoms with E-state index in [4.69, 9.17) is 15.0 Å². The van der Waals surface area contributed by atoms with Gasteiger partial charge in [0.1, 0.15) is 17.5 Å². The highest BCUT2D eigenvalue weighted by Crippen LogP contribution is 2.34. The van der Waals surface area contributed by atoms with Crippen LogP contribution in [0.15, 0.2) is 30.7 Å². The van der Waals surface area contributed by atoms with Crippen molar-refractivity contribution in [3.63, 3.8) is 0 Å². The van der Waals surface area contributed by atoms with Crippen molar-refractivity contribution in [3.05, 3.63) is 36.3 Å². The van der Waals surface area contributed by atoms with Crippen molar-refractivity contribution < 1.29 is 0 Å². The molecule has 2 aliphatic rings. The molecule has 5 rings (SSSR count). The molecule has 1 N–H and O–H groups in total. The zero-order valence-corrected chi connectivity index (χ0v) is 17.8. The molecule has 5 heterocycles. The van der Waals surface area contributed by atoms with Crippen LogP contribution in [0.5, 0.6) is 0 Å². The number of aromatic nitrogens is 4. The van der Waals surface area contributed by atoms with Crippen molar-refractivity contribution >= 4 is 34.2 Å². The standard InChI is InChI=1S/C23H29N7/c1-16(2)18-14-26-22(29-11-6-12-29)19-15-25-21(13-17(18)19)27-20-7-8-24-23(28-20)30-9-4-3-5-10-30/h7-8,13-16H,3-6,9-12H2,1-2H3,(H,24,25,27,28). The molecule has 0 atom stereocenters. The summed E-state index contributed by atoms with van der Waals surface area (Å²) in [7, 11) is 0. The highest BCUT2D eigenvalue weighted by atomic mass is 15.3. The van der Waals surface area contributed by atoms with Gasteiger partial charge in [0.05, 0.1) is 0 Å². The summed E-state index contributed by atoms with van der Waals surface area (Å²) >= 11 is 0. The highest BCUT2D eigenvalue weighted by Gasteiger charge is 2.21. The van der Waals surface area contributed by atoms with Gasteiger partial charge in [-0.05, 0) is 54.7 Å². The Morgan fingerprint density at radius 3 is 2.37 bits per heavy atom. The summed E-state index contributed by atoms with van der Waals surface area (Å²) in [6.45, 7) is 8.63. The van der Waals surface area contributed by atoms with E-state index in [2.05, 4.69) is 40.0 Å². The third-order valence-electron chi connectivity index (χ3n) is 6.10. The lowest BCUT2D eigenvalue weighted by Crippen LogP contribution is -2.37. The first-order valence-electron chi connectivity index (χ1n) is 11.1. The highest BCUT2D eigenvalue weighted by molar-refractivity contribution is 5.96. The Bertz CT molecular complexity index is 1040. The maximum absolute atomic E-state index is 4.77. The number of rotatable bonds is 5. The van der Waals surface area contributed by atoms with E-state index in [1.165, 1.54) is 36.6 Å². The first-order valence-corrected chi connectivity index (χ1v) is 11.1. The first kappa shape index (κ1) is 19.0. The second kappa shape index (κ2) is 8.05. The Morgan fingerprint density at radius 1 is 0.833 bits per heavy atom. The summed E-state index contributed by atoms with van der Waals surface area (Å²) < 4.78 is 0. The number of nitrogens with one attached hydrogen (secondary N) is 1. The van der Waals surface area contributed by atoms with Gasteiger partial charge in [-0.3, -0.25) is 0 Å². The molecule has 30 heavy (non-hydrogen) atoms. The lowest BCUT2D eigenvalue weighted by Gasteiger charge is -2.33. The molecule has 2 fully saturated rings. The Kier molecular flexibility index (Phi) is 5.11. The number of hydrogen-bond acceptors (Lipinski definition) is 7. The molecule has 2 aliphatic heterocycles. The van der Waals surface area contributed by atoms with Gasteiger partial charge in [-0.15, -0.1) is 0 Å². The van der Waals surface area contributed by atoms with E-state index in [-0.39, 0.29) is 0 Å². The van der Waals surface area contributed by atoms with E-state index < -0.39 is 0 Å². The van der Waals surface area contributed by atoms with Gasteiger partial charge in [0.2, 0.25) is 5.95 Å². The Hall–Kier alpha value is -2.96.